The maximum Gasteiger partial charge on any atom is 0.146 e. The molecular weight excluding hydrogens is 268 g/mol. The van der Waals surface area contributed by atoms with E-state index in [0.29, 0.717) is 11.6 Å². The van der Waals surface area contributed by atoms with Crippen LogP contribution in [0.15, 0.2) is 54.6 Å². The van der Waals surface area contributed by atoms with E-state index in [1.807, 2.05) is 6.07 Å². The summed E-state index contributed by atoms with van der Waals surface area (Å²) in [6.07, 6.45) is 5.28. The average Bonchev–Trinajstić information content (AvgIpc) is 2.98. The van der Waals surface area contributed by atoms with Crippen LogP contribution in [0.25, 0.3) is 0 Å². The Morgan fingerprint density at radius 1 is 1.00 bits per heavy atom. The second kappa shape index (κ2) is 4.69. The molecule has 2 aromatic carbocycles. The summed E-state index contributed by atoms with van der Waals surface area (Å²) in [6, 6.07) is 11.7. The number of fused-ring (bicyclic) bond motifs is 3. The molecule has 1 aliphatic carbocycles. The standard InChI is InChI=1S/C18H15F2N/c19-12-9-7-11(8-10-12)17-14-4-1-3-13(14)15-5-2-6-16(20)18(15)21-17/h1-3,5-10,13-14,17,21H,4H2/t13?,14?,17-/m1/s1. The molecule has 3 atom stereocenters. The molecule has 0 amide bonds. The van der Waals surface area contributed by atoms with Crippen molar-refractivity contribution in [3.05, 3.63) is 77.4 Å². The lowest BCUT2D eigenvalue weighted by Gasteiger charge is -2.37. The molecule has 3 heteroatoms. The highest BCUT2D eigenvalue weighted by molar-refractivity contribution is 5.60. The van der Waals surface area contributed by atoms with Gasteiger partial charge in [-0.25, -0.2) is 8.78 Å². The number of para-hydroxylation sites is 1. The fraction of sp³-hybridized carbons (Fsp3) is 0.222. The van der Waals surface area contributed by atoms with Crippen molar-refractivity contribution in [3.63, 3.8) is 0 Å². The number of hydrogen-bond donors (Lipinski definition) is 1. The SMILES string of the molecule is Fc1ccc([C@H]2Nc3c(F)cccc3C3C=CCC32)cc1. The molecule has 0 spiro atoms. The lowest BCUT2D eigenvalue weighted by molar-refractivity contribution is 0.420. The average molecular weight is 283 g/mol. The van der Waals surface area contributed by atoms with Crippen LogP contribution in [0.2, 0.25) is 0 Å². The first-order valence-corrected chi connectivity index (χ1v) is 7.21. The summed E-state index contributed by atoms with van der Waals surface area (Å²) >= 11 is 0. The van der Waals surface area contributed by atoms with Crippen LogP contribution in [0.5, 0.6) is 0 Å². The molecule has 1 heterocycles. The first-order chi connectivity index (χ1) is 10.2. The van der Waals surface area contributed by atoms with Gasteiger partial charge in [0.2, 0.25) is 0 Å². The first-order valence-electron chi connectivity index (χ1n) is 7.21. The van der Waals surface area contributed by atoms with Crippen molar-refractivity contribution in [2.75, 3.05) is 5.32 Å². The number of halogens is 2. The topological polar surface area (TPSA) is 12.0 Å². The van der Waals surface area contributed by atoms with Gasteiger partial charge in [0.15, 0.2) is 0 Å². The maximum absolute atomic E-state index is 14.1. The van der Waals surface area contributed by atoms with Crippen molar-refractivity contribution >= 4 is 5.69 Å². The molecule has 1 nitrogen and oxygen atoms in total. The van der Waals surface area contributed by atoms with Crippen molar-refractivity contribution in [1.29, 1.82) is 0 Å². The zero-order valence-electron chi connectivity index (χ0n) is 11.4. The van der Waals surface area contributed by atoms with E-state index in [1.54, 1.807) is 18.2 Å². The van der Waals surface area contributed by atoms with E-state index >= 15 is 0 Å². The van der Waals surface area contributed by atoms with Gasteiger partial charge in [-0.3, -0.25) is 0 Å². The largest absolute Gasteiger partial charge is 0.375 e. The lowest BCUT2D eigenvalue weighted by Crippen LogP contribution is -2.29. The van der Waals surface area contributed by atoms with Crippen LogP contribution in [-0.4, -0.2) is 0 Å². The molecule has 1 aliphatic heterocycles. The molecule has 0 saturated heterocycles. The summed E-state index contributed by atoms with van der Waals surface area (Å²) in [5, 5.41) is 3.33. The summed E-state index contributed by atoms with van der Waals surface area (Å²) in [5.41, 5.74) is 2.61. The van der Waals surface area contributed by atoms with E-state index in [0.717, 1.165) is 17.5 Å². The molecule has 4 rings (SSSR count). The van der Waals surface area contributed by atoms with Crippen LogP contribution in [0, 0.1) is 17.6 Å². The second-order valence-electron chi connectivity index (χ2n) is 5.73. The minimum Gasteiger partial charge on any atom is -0.375 e. The van der Waals surface area contributed by atoms with Crippen molar-refractivity contribution in [2.45, 2.75) is 18.4 Å². The van der Waals surface area contributed by atoms with Crippen LogP contribution in [0.3, 0.4) is 0 Å². The van der Waals surface area contributed by atoms with Gasteiger partial charge in [0.25, 0.3) is 0 Å². The maximum atomic E-state index is 14.1. The van der Waals surface area contributed by atoms with Gasteiger partial charge < -0.3 is 5.32 Å². The monoisotopic (exact) mass is 283 g/mol. The third-order valence-electron chi connectivity index (χ3n) is 4.58. The van der Waals surface area contributed by atoms with Gasteiger partial charge in [-0.05, 0) is 41.7 Å². The zero-order chi connectivity index (χ0) is 14.4. The van der Waals surface area contributed by atoms with Gasteiger partial charge in [-0.15, -0.1) is 0 Å². The van der Waals surface area contributed by atoms with Crippen molar-refractivity contribution < 1.29 is 8.78 Å². The Labute approximate surface area is 122 Å². The number of benzene rings is 2. The van der Waals surface area contributed by atoms with Gasteiger partial charge in [-0.2, -0.15) is 0 Å². The Bertz CT molecular complexity index is 706. The molecule has 2 aliphatic rings. The van der Waals surface area contributed by atoms with Crippen LogP contribution in [-0.2, 0) is 0 Å². The smallest absolute Gasteiger partial charge is 0.146 e. The van der Waals surface area contributed by atoms with Crippen molar-refractivity contribution in [2.24, 2.45) is 5.92 Å². The predicted molar refractivity (Wildman–Crippen MR) is 79.2 cm³/mol. The van der Waals surface area contributed by atoms with Gasteiger partial charge in [0, 0.05) is 5.92 Å². The van der Waals surface area contributed by atoms with Crippen LogP contribution < -0.4 is 5.32 Å². The number of allylic oxidation sites excluding steroid dienone is 2. The summed E-state index contributed by atoms with van der Waals surface area (Å²) in [7, 11) is 0. The third kappa shape index (κ3) is 1.96. The highest BCUT2D eigenvalue weighted by atomic mass is 19.1. The van der Waals surface area contributed by atoms with Crippen molar-refractivity contribution in [3.8, 4) is 0 Å². The molecule has 21 heavy (non-hydrogen) atoms. The molecule has 2 unspecified atom stereocenters. The summed E-state index contributed by atoms with van der Waals surface area (Å²) in [6.45, 7) is 0. The fourth-order valence-electron chi connectivity index (χ4n) is 3.58. The Morgan fingerprint density at radius 3 is 2.62 bits per heavy atom. The number of nitrogens with one attached hydrogen (secondary N) is 1. The van der Waals surface area contributed by atoms with Gasteiger partial charge in [0.05, 0.1) is 11.7 Å². The predicted octanol–water partition coefficient (Wildman–Crippen LogP) is 4.79. The minimum absolute atomic E-state index is 0.00926. The summed E-state index contributed by atoms with van der Waals surface area (Å²) in [5.74, 6) is 0.109. The summed E-state index contributed by atoms with van der Waals surface area (Å²) in [4.78, 5) is 0. The van der Waals surface area contributed by atoms with E-state index < -0.39 is 0 Å². The quantitative estimate of drug-likeness (QED) is 0.742. The number of anilines is 1. The van der Waals surface area contributed by atoms with Crippen molar-refractivity contribution in [1.82, 2.24) is 0 Å². The van der Waals surface area contributed by atoms with Gasteiger partial charge in [0.1, 0.15) is 11.6 Å². The van der Waals surface area contributed by atoms with Crippen LogP contribution in [0.4, 0.5) is 14.5 Å². The second-order valence-corrected chi connectivity index (χ2v) is 5.73. The van der Waals surface area contributed by atoms with Crippen LogP contribution in [0.1, 0.15) is 29.5 Å². The molecule has 2 aromatic rings. The number of rotatable bonds is 1. The highest BCUT2D eigenvalue weighted by Crippen LogP contribution is 2.50. The molecular formula is C18H15F2N. The van der Waals surface area contributed by atoms with E-state index in [4.69, 9.17) is 0 Å². The molecule has 0 aromatic heterocycles. The Hall–Kier alpha value is -2.16. The zero-order valence-corrected chi connectivity index (χ0v) is 11.4. The Balaban J connectivity index is 1.81. The molecule has 106 valence electrons. The van der Waals surface area contributed by atoms with Crippen LogP contribution >= 0.6 is 0 Å². The summed E-state index contributed by atoms with van der Waals surface area (Å²) < 4.78 is 27.3. The third-order valence-corrected chi connectivity index (χ3v) is 4.58. The fourth-order valence-corrected chi connectivity index (χ4v) is 3.58. The Morgan fingerprint density at radius 2 is 1.81 bits per heavy atom. The van der Waals surface area contributed by atoms with E-state index in [-0.39, 0.29) is 23.6 Å². The van der Waals surface area contributed by atoms with Gasteiger partial charge in [-0.1, -0.05) is 36.4 Å². The molecule has 1 N–H and O–H groups in total. The van der Waals surface area contributed by atoms with E-state index in [9.17, 15) is 8.78 Å². The first kappa shape index (κ1) is 12.6. The van der Waals surface area contributed by atoms with E-state index in [2.05, 4.69) is 17.5 Å². The van der Waals surface area contributed by atoms with E-state index in [1.165, 1.54) is 18.2 Å². The Kier molecular flexibility index (Phi) is 2.81. The van der Waals surface area contributed by atoms with Gasteiger partial charge >= 0.3 is 0 Å². The number of hydrogen-bond acceptors (Lipinski definition) is 1. The molecule has 0 fully saturated rings. The molecule has 0 radical (unpaired) electrons. The molecule has 0 bridgehead atoms. The normalized spacial score (nSPS) is 26.1. The lowest BCUT2D eigenvalue weighted by atomic mass is 9.77. The highest BCUT2D eigenvalue weighted by Gasteiger charge is 2.38. The molecule has 0 saturated carbocycles. The minimum atomic E-state index is -0.248.